The first kappa shape index (κ1) is 17.0. The number of hydrogen-bond donors (Lipinski definition) is 2. The Bertz CT molecular complexity index is 825. The minimum absolute atomic E-state index is 0.139. The lowest BCUT2D eigenvalue weighted by Crippen LogP contribution is -2.19. The zero-order valence-corrected chi connectivity index (χ0v) is 14.1. The molecule has 0 saturated heterocycles. The molecule has 2 aromatic rings. The van der Waals surface area contributed by atoms with Crippen LogP contribution in [0.25, 0.3) is 0 Å². The van der Waals surface area contributed by atoms with E-state index in [-0.39, 0.29) is 16.1 Å². The third-order valence-corrected chi connectivity index (χ3v) is 5.00. The highest BCUT2D eigenvalue weighted by Crippen LogP contribution is 2.25. The summed E-state index contributed by atoms with van der Waals surface area (Å²) in [6.07, 6.45) is 0. The summed E-state index contributed by atoms with van der Waals surface area (Å²) in [6.45, 7) is 5.79. The Morgan fingerprint density at radius 2 is 1.70 bits per heavy atom. The highest BCUT2D eigenvalue weighted by Gasteiger charge is 2.19. The lowest BCUT2D eigenvalue weighted by molar-refractivity contribution is 0.100. The molecule has 0 aliphatic carbocycles. The number of nitrogens with two attached hydrogens (primary N) is 1. The molecule has 2 aromatic carbocycles. The second-order valence-electron chi connectivity index (χ2n) is 5.69. The second-order valence-corrected chi connectivity index (χ2v) is 7.37. The molecule has 0 fully saturated rings. The third-order valence-electron chi connectivity index (χ3n) is 3.63. The van der Waals surface area contributed by atoms with E-state index in [2.05, 4.69) is 4.72 Å². The van der Waals surface area contributed by atoms with Crippen LogP contribution in [0.4, 0.5) is 5.69 Å². The van der Waals surface area contributed by atoms with E-state index >= 15 is 0 Å². The fourth-order valence-corrected chi connectivity index (χ4v) is 3.39. The van der Waals surface area contributed by atoms with Gasteiger partial charge in [-0.1, -0.05) is 38.1 Å². The van der Waals surface area contributed by atoms with E-state index in [1.165, 1.54) is 6.07 Å². The summed E-state index contributed by atoms with van der Waals surface area (Å²) < 4.78 is 27.6. The molecule has 2 rings (SSSR count). The quantitative estimate of drug-likeness (QED) is 0.882. The molecule has 122 valence electrons. The largest absolute Gasteiger partial charge is 0.366 e. The molecule has 0 atom stereocenters. The zero-order valence-electron chi connectivity index (χ0n) is 13.3. The van der Waals surface area contributed by atoms with Gasteiger partial charge in [-0.3, -0.25) is 9.52 Å². The van der Waals surface area contributed by atoms with E-state index in [9.17, 15) is 13.2 Å². The number of nitrogens with one attached hydrogen (secondary N) is 1. The second kappa shape index (κ2) is 6.42. The smallest absolute Gasteiger partial charge is 0.261 e. The minimum atomic E-state index is -3.79. The average molecular weight is 332 g/mol. The number of amides is 1. The van der Waals surface area contributed by atoms with E-state index in [1.54, 1.807) is 43.3 Å². The number of benzene rings is 2. The molecule has 5 nitrogen and oxygen atoms in total. The van der Waals surface area contributed by atoms with Gasteiger partial charge in [0.15, 0.2) is 0 Å². The molecule has 1 amide bonds. The lowest BCUT2D eigenvalue weighted by Gasteiger charge is -2.14. The van der Waals surface area contributed by atoms with Crippen LogP contribution >= 0.6 is 0 Å². The predicted octanol–water partition coefficient (Wildman–Crippen LogP) is 3.02. The number of hydrogen-bond acceptors (Lipinski definition) is 3. The number of carbonyl (C=O) groups is 1. The number of aryl methyl sites for hydroxylation is 1. The third kappa shape index (κ3) is 3.71. The van der Waals surface area contributed by atoms with Crippen molar-refractivity contribution in [3.8, 4) is 0 Å². The summed E-state index contributed by atoms with van der Waals surface area (Å²) in [5.74, 6) is -0.362. The Hall–Kier alpha value is -2.34. The van der Waals surface area contributed by atoms with Crippen LogP contribution in [0.1, 0.15) is 41.3 Å². The molecule has 3 N–H and O–H groups in total. The van der Waals surface area contributed by atoms with Crippen molar-refractivity contribution in [2.45, 2.75) is 31.6 Å². The SMILES string of the molecule is Cc1cccc(C(N)=O)c1NS(=O)(=O)c1ccc(C(C)C)cc1. The van der Waals surface area contributed by atoms with Crippen molar-refractivity contribution in [1.29, 1.82) is 0 Å². The van der Waals surface area contributed by atoms with Crippen molar-refractivity contribution in [3.05, 3.63) is 59.2 Å². The maximum atomic E-state index is 12.5. The molecule has 6 heteroatoms. The summed E-state index contributed by atoms with van der Waals surface area (Å²) in [5.41, 5.74) is 7.36. The van der Waals surface area contributed by atoms with E-state index in [0.717, 1.165) is 5.56 Å². The first-order valence-electron chi connectivity index (χ1n) is 7.24. The Labute approximate surface area is 136 Å². The minimum Gasteiger partial charge on any atom is -0.366 e. The molecule has 0 heterocycles. The van der Waals surface area contributed by atoms with Crippen molar-refractivity contribution in [2.24, 2.45) is 5.73 Å². The number of anilines is 1. The van der Waals surface area contributed by atoms with E-state index in [0.29, 0.717) is 11.5 Å². The van der Waals surface area contributed by atoms with E-state index in [4.69, 9.17) is 5.73 Å². The Balaban J connectivity index is 2.41. The van der Waals surface area contributed by atoms with Gasteiger partial charge in [-0.15, -0.1) is 0 Å². The standard InChI is InChI=1S/C17H20N2O3S/c1-11(2)13-7-9-14(10-8-13)23(21,22)19-16-12(3)5-4-6-15(16)17(18)20/h4-11,19H,1-3H3,(H2,18,20). The maximum Gasteiger partial charge on any atom is 0.261 e. The predicted molar refractivity (Wildman–Crippen MR) is 91.0 cm³/mol. The van der Waals surface area contributed by atoms with Gasteiger partial charge in [-0.05, 0) is 42.2 Å². The number of primary amides is 1. The highest BCUT2D eigenvalue weighted by molar-refractivity contribution is 7.92. The summed E-state index contributed by atoms with van der Waals surface area (Å²) >= 11 is 0. The fourth-order valence-electron chi connectivity index (χ4n) is 2.23. The van der Waals surface area contributed by atoms with Gasteiger partial charge >= 0.3 is 0 Å². The number of para-hydroxylation sites is 1. The van der Waals surface area contributed by atoms with E-state index < -0.39 is 15.9 Å². The van der Waals surface area contributed by atoms with Crippen molar-refractivity contribution < 1.29 is 13.2 Å². The van der Waals surface area contributed by atoms with Gasteiger partial charge in [-0.2, -0.15) is 0 Å². The Morgan fingerprint density at radius 3 is 2.22 bits per heavy atom. The van der Waals surface area contributed by atoms with Crippen LogP contribution in [0.15, 0.2) is 47.4 Å². The van der Waals surface area contributed by atoms with Crippen LogP contribution in [0.2, 0.25) is 0 Å². The molecule has 0 saturated carbocycles. The molecular formula is C17H20N2O3S. The van der Waals surface area contributed by atoms with Gasteiger partial charge in [0, 0.05) is 0 Å². The number of rotatable bonds is 5. The van der Waals surface area contributed by atoms with Crippen molar-refractivity contribution >= 4 is 21.6 Å². The molecule has 0 aliphatic heterocycles. The van der Waals surface area contributed by atoms with Crippen LogP contribution in [-0.2, 0) is 10.0 Å². The van der Waals surface area contributed by atoms with Gasteiger partial charge in [0.2, 0.25) is 0 Å². The molecule has 23 heavy (non-hydrogen) atoms. The van der Waals surface area contributed by atoms with Gasteiger partial charge < -0.3 is 5.73 Å². The fraction of sp³-hybridized carbons (Fsp3) is 0.235. The van der Waals surface area contributed by atoms with Gasteiger partial charge in [0.05, 0.1) is 16.1 Å². The van der Waals surface area contributed by atoms with Gasteiger partial charge in [-0.25, -0.2) is 8.42 Å². The van der Waals surface area contributed by atoms with Crippen LogP contribution < -0.4 is 10.5 Å². The highest BCUT2D eigenvalue weighted by atomic mass is 32.2. The summed E-state index contributed by atoms with van der Waals surface area (Å²) in [4.78, 5) is 11.6. The van der Waals surface area contributed by atoms with Crippen LogP contribution in [-0.4, -0.2) is 14.3 Å². The normalized spacial score (nSPS) is 11.5. The molecule has 0 aliphatic rings. The van der Waals surface area contributed by atoms with Crippen LogP contribution in [0.3, 0.4) is 0 Å². The number of sulfonamides is 1. The molecule has 0 spiro atoms. The maximum absolute atomic E-state index is 12.5. The first-order valence-corrected chi connectivity index (χ1v) is 8.73. The molecule has 0 aromatic heterocycles. The monoisotopic (exact) mass is 332 g/mol. The summed E-state index contributed by atoms with van der Waals surface area (Å²) in [5, 5.41) is 0. The summed E-state index contributed by atoms with van der Waals surface area (Å²) in [7, 11) is -3.79. The Morgan fingerprint density at radius 1 is 1.09 bits per heavy atom. The topological polar surface area (TPSA) is 89.3 Å². The molecule has 0 radical (unpaired) electrons. The van der Waals surface area contributed by atoms with Gasteiger partial charge in [0.1, 0.15) is 0 Å². The average Bonchev–Trinajstić information content (AvgIpc) is 2.49. The number of carbonyl (C=O) groups excluding carboxylic acids is 1. The van der Waals surface area contributed by atoms with Crippen molar-refractivity contribution in [3.63, 3.8) is 0 Å². The van der Waals surface area contributed by atoms with Crippen LogP contribution in [0.5, 0.6) is 0 Å². The first-order chi connectivity index (χ1) is 10.7. The lowest BCUT2D eigenvalue weighted by atomic mass is 10.0. The summed E-state index contributed by atoms with van der Waals surface area (Å²) in [6, 6.07) is 11.5. The molecular weight excluding hydrogens is 312 g/mol. The molecule has 0 bridgehead atoms. The van der Waals surface area contributed by atoms with Crippen molar-refractivity contribution in [2.75, 3.05) is 4.72 Å². The van der Waals surface area contributed by atoms with E-state index in [1.807, 2.05) is 13.8 Å². The Kier molecular flexibility index (Phi) is 4.75. The molecule has 0 unspecified atom stereocenters. The zero-order chi connectivity index (χ0) is 17.2. The van der Waals surface area contributed by atoms with Crippen LogP contribution in [0, 0.1) is 6.92 Å². The van der Waals surface area contributed by atoms with Crippen molar-refractivity contribution in [1.82, 2.24) is 0 Å². The van der Waals surface area contributed by atoms with Gasteiger partial charge in [0.25, 0.3) is 15.9 Å².